The van der Waals surface area contributed by atoms with Gasteiger partial charge in [-0.15, -0.1) is 0 Å². The van der Waals surface area contributed by atoms with E-state index < -0.39 is 127 Å². The van der Waals surface area contributed by atoms with Gasteiger partial charge in [-0.05, 0) is 61.6 Å². The first-order valence-electron chi connectivity index (χ1n) is 24.3. The largest absolute Gasteiger partial charge is 0.508 e. The highest BCUT2D eigenvalue weighted by molar-refractivity contribution is 5.98. The average Bonchev–Trinajstić information content (AvgIpc) is 4.11. The van der Waals surface area contributed by atoms with Crippen molar-refractivity contribution in [2.75, 3.05) is 13.2 Å². The number of carbonyl (C=O) groups is 9. The highest BCUT2D eigenvalue weighted by Crippen LogP contribution is 2.15. The first kappa shape index (κ1) is 61.1. The number of carboxylic acid groups (broad SMARTS) is 1. The molecule has 0 aliphatic rings. The second-order valence-electron chi connectivity index (χ2n) is 18.6. The van der Waals surface area contributed by atoms with Crippen LogP contribution in [0.15, 0.2) is 73.6 Å². The number of amides is 8. The molecule has 2 heterocycles. The zero-order chi connectivity index (χ0) is 56.9. The van der Waals surface area contributed by atoms with Gasteiger partial charge in [-0.3, -0.25) is 38.4 Å². The third-order valence-corrected chi connectivity index (χ3v) is 11.7. The Kier molecular flexibility index (Phi) is 23.5. The smallest absolute Gasteiger partial charge is 0.328 e. The number of imidazole rings is 2. The first-order chi connectivity index (χ1) is 36.4. The molecule has 0 aliphatic heterocycles. The summed E-state index contributed by atoms with van der Waals surface area (Å²) in [5.41, 5.74) is 7.45. The summed E-state index contributed by atoms with van der Waals surface area (Å²) >= 11 is 0. The number of H-pyrrole nitrogens is 2. The fourth-order valence-electron chi connectivity index (χ4n) is 7.45. The molecular weight excluding hydrogens is 1010 g/mol. The monoisotopic (exact) mass is 1080 g/mol. The Morgan fingerprint density at radius 3 is 1.32 bits per heavy atom. The van der Waals surface area contributed by atoms with Crippen molar-refractivity contribution >= 4 is 53.2 Å². The van der Waals surface area contributed by atoms with Gasteiger partial charge < -0.3 is 88.9 Å². The minimum absolute atomic E-state index is 0.0222. The number of aliphatic carboxylic acids is 1. The molecule has 0 aliphatic carbocycles. The van der Waals surface area contributed by atoms with Crippen molar-refractivity contribution in [1.29, 1.82) is 0 Å². The van der Waals surface area contributed by atoms with Gasteiger partial charge in [0.15, 0.2) is 0 Å². The summed E-state index contributed by atoms with van der Waals surface area (Å²) in [6.45, 7) is 4.12. The number of hydrogen-bond donors (Lipinski definition) is 17. The molecule has 0 saturated heterocycles. The molecule has 28 heteroatoms. The SMILES string of the molecule is CC(C)C[C@H](NC(=O)[C@H](Cc1cnc[nH]1)NC(=O)[C@@H](N)[C@@H](C)O)C(=O)N[C@@H](Cc1ccc(O)cc1)C(=O)N[C@@H](Cc1cnc[nH]1)C(=O)N[C@@H](Cc1ccc(O)cc1)C(=O)NCC(=O)N[C@H](C(=O)N[C@@H](CO)C(=O)O)[C@@H](C)O. The number of aromatic hydroxyl groups is 2. The van der Waals surface area contributed by atoms with Gasteiger partial charge >= 0.3 is 5.97 Å². The molecular formula is C49H67N13O15. The molecule has 2 aromatic heterocycles. The zero-order valence-corrected chi connectivity index (χ0v) is 42.6. The topological polar surface area (TPSA) is 455 Å². The molecule has 77 heavy (non-hydrogen) atoms. The number of aromatic nitrogens is 4. The Labute approximate surface area is 441 Å². The Bertz CT molecular complexity index is 2600. The summed E-state index contributed by atoms with van der Waals surface area (Å²) < 4.78 is 0. The standard InChI is InChI=1S/C49H67N13O15/c1-24(2)13-33(56-46(73)37(17-30-19-52-23-55-30)60-47(74)40(50)25(3)64)43(70)58-35(15-28-7-11-32(67)12-8-28)44(71)59-36(16-29-18-51-22-54-29)45(72)57-34(14-27-5-9-31(66)10-6-27)42(69)53-20-39(68)62-41(26(4)65)48(75)61-38(21-63)49(76)77/h5-12,18-19,22-26,33-38,40-41,63-67H,13-17,20-21,50H2,1-4H3,(H,51,54)(H,52,55)(H,53,69)(H,56,73)(H,57,72)(H,58,70)(H,59,71)(H,60,74)(H,61,75)(H,62,68)(H,76,77)/t25-,26-,33+,34+,35+,36+,37+,38+,40+,41+/m1/s1. The van der Waals surface area contributed by atoms with Gasteiger partial charge in [-0.25, -0.2) is 14.8 Å². The number of nitrogens with one attached hydrogen (secondary N) is 10. The minimum Gasteiger partial charge on any atom is -0.508 e. The zero-order valence-electron chi connectivity index (χ0n) is 42.6. The Hall–Kier alpha value is -8.47. The lowest BCUT2D eigenvalue weighted by molar-refractivity contribution is -0.144. The third kappa shape index (κ3) is 20.0. The molecule has 18 N–H and O–H groups in total. The quantitative estimate of drug-likeness (QED) is 0.0234. The predicted molar refractivity (Wildman–Crippen MR) is 270 cm³/mol. The van der Waals surface area contributed by atoms with Crippen LogP contribution in [0, 0.1) is 5.92 Å². The molecule has 0 fully saturated rings. The van der Waals surface area contributed by atoms with E-state index in [0.717, 1.165) is 6.92 Å². The fourth-order valence-corrected chi connectivity index (χ4v) is 7.45. The molecule has 0 radical (unpaired) electrons. The number of phenols is 2. The van der Waals surface area contributed by atoms with Crippen molar-refractivity contribution in [3.8, 4) is 11.5 Å². The number of aromatic amines is 2. The number of nitrogens with zero attached hydrogens (tertiary/aromatic N) is 2. The number of benzene rings is 2. The van der Waals surface area contributed by atoms with Crippen LogP contribution in [0.2, 0.25) is 0 Å². The number of aliphatic hydroxyl groups is 3. The van der Waals surface area contributed by atoms with E-state index >= 15 is 0 Å². The van der Waals surface area contributed by atoms with Crippen molar-refractivity contribution in [3.05, 3.63) is 96.1 Å². The van der Waals surface area contributed by atoms with Gasteiger partial charge in [-0.2, -0.15) is 0 Å². The summed E-state index contributed by atoms with van der Waals surface area (Å²) in [6, 6.07) is -0.905. The van der Waals surface area contributed by atoms with Gasteiger partial charge in [-0.1, -0.05) is 38.1 Å². The fraction of sp³-hybridized carbons (Fsp3) is 0.449. The number of rotatable bonds is 30. The lowest BCUT2D eigenvalue weighted by atomic mass is 9.99. The Morgan fingerprint density at radius 1 is 0.532 bits per heavy atom. The van der Waals surface area contributed by atoms with E-state index in [2.05, 4.69) is 57.2 Å². The highest BCUT2D eigenvalue weighted by atomic mass is 16.4. The molecule has 2 aromatic carbocycles. The van der Waals surface area contributed by atoms with Gasteiger partial charge in [0.25, 0.3) is 0 Å². The Morgan fingerprint density at radius 2 is 0.935 bits per heavy atom. The summed E-state index contributed by atoms with van der Waals surface area (Å²) in [4.78, 5) is 135. The van der Waals surface area contributed by atoms with Gasteiger partial charge in [0.05, 0.1) is 38.0 Å². The lowest BCUT2D eigenvalue weighted by Gasteiger charge is -2.28. The second-order valence-corrected chi connectivity index (χ2v) is 18.6. The maximum atomic E-state index is 14.6. The molecule has 0 spiro atoms. The summed E-state index contributed by atoms with van der Waals surface area (Å²) in [5.74, 6) is -9.64. The third-order valence-electron chi connectivity index (χ3n) is 11.7. The number of aliphatic hydroxyl groups excluding tert-OH is 3. The molecule has 28 nitrogen and oxygen atoms in total. The highest BCUT2D eigenvalue weighted by Gasteiger charge is 2.35. The maximum absolute atomic E-state index is 14.6. The predicted octanol–water partition coefficient (Wildman–Crippen LogP) is -4.46. The summed E-state index contributed by atoms with van der Waals surface area (Å²) in [7, 11) is 0. The van der Waals surface area contributed by atoms with E-state index in [1.165, 1.54) is 80.5 Å². The molecule has 0 bridgehead atoms. The van der Waals surface area contributed by atoms with Crippen LogP contribution < -0.4 is 48.3 Å². The van der Waals surface area contributed by atoms with Crippen molar-refractivity contribution in [2.45, 2.75) is 120 Å². The van der Waals surface area contributed by atoms with Crippen LogP contribution in [-0.4, -0.2) is 177 Å². The molecule has 4 rings (SSSR count). The van der Waals surface area contributed by atoms with Gasteiger partial charge in [0.2, 0.25) is 47.3 Å². The average molecular weight is 1080 g/mol. The second kappa shape index (κ2) is 29.6. The number of nitrogens with two attached hydrogens (primary N) is 1. The van der Waals surface area contributed by atoms with Crippen LogP contribution in [-0.2, 0) is 68.8 Å². The van der Waals surface area contributed by atoms with Crippen molar-refractivity contribution < 1.29 is 73.8 Å². The number of carbonyl (C=O) groups excluding carboxylic acids is 8. The number of phenolic OH excluding ortho intramolecular Hbond substituents is 2. The molecule has 0 unspecified atom stereocenters. The van der Waals surface area contributed by atoms with Crippen LogP contribution in [0.3, 0.4) is 0 Å². The van der Waals surface area contributed by atoms with Crippen LogP contribution in [0.4, 0.5) is 0 Å². The van der Waals surface area contributed by atoms with E-state index in [4.69, 9.17) is 5.73 Å². The molecule has 4 aromatic rings. The van der Waals surface area contributed by atoms with Crippen LogP contribution in [0.25, 0.3) is 0 Å². The van der Waals surface area contributed by atoms with Gasteiger partial charge in [0.1, 0.15) is 59.8 Å². The summed E-state index contributed by atoms with van der Waals surface area (Å²) in [6.07, 6.45) is 1.72. The van der Waals surface area contributed by atoms with E-state index in [9.17, 15) is 73.8 Å². The number of hydrogen-bond acceptors (Lipinski definition) is 17. The molecule has 0 saturated carbocycles. The lowest BCUT2D eigenvalue weighted by Crippen LogP contribution is -2.61. The van der Waals surface area contributed by atoms with Gasteiger partial charge in [0, 0.05) is 49.5 Å². The van der Waals surface area contributed by atoms with Crippen molar-refractivity contribution in [2.24, 2.45) is 11.7 Å². The van der Waals surface area contributed by atoms with E-state index in [1.54, 1.807) is 13.8 Å². The van der Waals surface area contributed by atoms with Crippen LogP contribution in [0.1, 0.15) is 56.6 Å². The first-order valence-corrected chi connectivity index (χ1v) is 24.3. The number of carboxylic acids is 1. The van der Waals surface area contributed by atoms with Crippen LogP contribution >= 0.6 is 0 Å². The normalized spacial score (nSPS) is 15.1. The molecule has 8 amide bonds. The molecule has 10 atom stereocenters. The maximum Gasteiger partial charge on any atom is 0.328 e. The van der Waals surface area contributed by atoms with Crippen LogP contribution in [0.5, 0.6) is 11.5 Å². The minimum atomic E-state index is -1.76. The van der Waals surface area contributed by atoms with Crippen molar-refractivity contribution in [1.82, 2.24) is 62.5 Å². The van der Waals surface area contributed by atoms with E-state index in [1.807, 2.05) is 5.32 Å². The van der Waals surface area contributed by atoms with E-state index in [-0.39, 0.29) is 49.5 Å². The van der Waals surface area contributed by atoms with Crippen molar-refractivity contribution in [3.63, 3.8) is 0 Å². The summed E-state index contributed by atoms with van der Waals surface area (Å²) in [5, 5.41) is 78.3. The van der Waals surface area contributed by atoms with E-state index in [0.29, 0.717) is 22.5 Å². The Balaban J connectivity index is 1.62. The molecule has 418 valence electrons.